The van der Waals surface area contributed by atoms with Gasteiger partial charge in [-0.3, -0.25) is 4.40 Å². The number of carbonyl (C=O) groups excluding carboxylic acids is 1. The number of likely N-dealkylation sites (tertiary alicyclic amines) is 1. The third-order valence-corrected chi connectivity index (χ3v) is 5.21. The van der Waals surface area contributed by atoms with Crippen LogP contribution in [0.4, 0.5) is 4.79 Å². The second-order valence-corrected chi connectivity index (χ2v) is 6.85. The zero-order chi connectivity index (χ0) is 16.5. The van der Waals surface area contributed by atoms with E-state index in [0.717, 1.165) is 30.9 Å². The number of hydrogen-bond donors (Lipinski definition) is 1. The first kappa shape index (κ1) is 15.1. The van der Waals surface area contributed by atoms with E-state index in [4.69, 9.17) is 0 Å². The molecular formula is C17H19N5OS. The second kappa shape index (κ2) is 6.24. The van der Waals surface area contributed by atoms with Crippen LogP contribution in [0.3, 0.4) is 0 Å². The zero-order valence-corrected chi connectivity index (χ0v) is 14.2. The first-order valence-electron chi connectivity index (χ1n) is 8.13. The fourth-order valence-electron chi connectivity index (χ4n) is 3.31. The highest BCUT2D eigenvalue weighted by molar-refractivity contribution is 7.07. The van der Waals surface area contributed by atoms with Crippen molar-refractivity contribution >= 4 is 23.0 Å². The van der Waals surface area contributed by atoms with Gasteiger partial charge in [-0.15, -0.1) is 10.2 Å². The molecule has 0 saturated carbocycles. The third-order valence-electron chi connectivity index (χ3n) is 4.51. The van der Waals surface area contributed by atoms with Crippen LogP contribution in [0.1, 0.15) is 43.2 Å². The number of nitrogens with one attached hydrogen (secondary N) is 1. The van der Waals surface area contributed by atoms with Crippen LogP contribution in [0.2, 0.25) is 0 Å². The molecule has 4 rings (SSSR count). The highest BCUT2D eigenvalue weighted by Gasteiger charge is 2.31. The first-order valence-corrected chi connectivity index (χ1v) is 9.07. The summed E-state index contributed by atoms with van der Waals surface area (Å²) in [5.74, 6) is 0.741. The van der Waals surface area contributed by atoms with Gasteiger partial charge in [-0.2, -0.15) is 11.3 Å². The molecule has 0 radical (unpaired) electrons. The van der Waals surface area contributed by atoms with Crippen LogP contribution >= 0.6 is 11.3 Å². The molecule has 1 aliphatic heterocycles. The van der Waals surface area contributed by atoms with Crippen LogP contribution < -0.4 is 5.32 Å². The molecule has 6 nitrogen and oxygen atoms in total. The molecule has 3 aromatic rings. The molecular weight excluding hydrogens is 322 g/mol. The number of rotatable bonds is 3. The number of pyridine rings is 1. The van der Waals surface area contributed by atoms with Crippen LogP contribution in [0.15, 0.2) is 41.2 Å². The van der Waals surface area contributed by atoms with E-state index in [9.17, 15) is 4.79 Å². The fraction of sp³-hybridized carbons (Fsp3) is 0.353. The SMILES string of the molecule is C[C@@H](NC(=O)N1CCC[C@H]1c1ccsc1)c1nnc2ccccn12. The quantitative estimate of drug-likeness (QED) is 0.794. The summed E-state index contributed by atoms with van der Waals surface area (Å²) in [5.41, 5.74) is 2.01. The molecule has 7 heteroatoms. The molecule has 3 aromatic heterocycles. The smallest absolute Gasteiger partial charge is 0.318 e. The summed E-state index contributed by atoms with van der Waals surface area (Å²) in [4.78, 5) is 14.7. The van der Waals surface area contributed by atoms with Gasteiger partial charge in [-0.1, -0.05) is 6.07 Å². The molecule has 2 atom stereocenters. The maximum atomic E-state index is 12.8. The predicted octanol–water partition coefficient (Wildman–Crippen LogP) is 3.40. The van der Waals surface area contributed by atoms with Crippen molar-refractivity contribution in [2.45, 2.75) is 31.8 Å². The topological polar surface area (TPSA) is 62.5 Å². The minimum Gasteiger partial charge on any atom is -0.328 e. The van der Waals surface area contributed by atoms with Gasteiger partial charge >= 0.3 is 6.03 Å². The number of amides is 2. The monoisotopic (exact) mass is 341 g/mol. The Morgan fingerprint density at radius 1 is 1.38 bits per heavy atom. The van der Waals surface area contributed by atoms with Crippen LogP contribution in [0.25, 0.3) is 5.65 Å². The van der Waals surface area contributed by atoms with Crippen molar-refractivity contribution in [3.63, 3.8) is 0 Å². The molecule has 1 aliphatic rings. The van der Waals surface area contributed by atoms with Crippen molar-refractivity contribution in [1.29, 1.82) is 0 Å². The van der Waals surface area contributed by atoms with Crippen LogP contribution in [0.5, 0.6) is 0 Å². The average Bonchev–Trinajstić information content (AvgIpc) is 3.33. The van der Waals surface area contributed by atoms with E-state index in [1.807, 2.05) is 40.6 Å². The summed E-state index contributed by atoms with van der Waals surface area (Å²) < 4.78 is 1.91. The number of hydrogen-bond acceptors (Lipinski definition) is 4. The number of aromatic nitrogens is 3. The predicted molar refractivity (Wildman–Crippen MR) is 92.9 cm³/mol. The van der Waals surface area contributed by atoms with Crippen molar-refractivity contribution in [2.75, 3.05) is 6.54 Å². The van der Waals surface area contributed by atoms with E-state index in [-0.39, 0.29) is 18.1 Å². The number of nitrogens with zero attached hydrogens (tertiary/aromatic N) is 4. The Morgan fingerprint density at radius 2 is 2.29 bits per heavy atom. The minimum absolute atomic E-state index is 0.0381. The number of thiophene rings is 1. The molecule has 0 aromatic carbocycles. The summed E-state index contributed by atoms with van der Waals surface area (Å²) in [6, 6.07) is 7.80. The van der Waals surface area contributed by atoms with E-state index < -0.39 is 0 Å². The van der Waals surface area contributed by atoms with Gasteiger partial charge in [0.2, 0.25) is 0 Å². The van der Waals surface area contributed by atoms with Gasteiger partial charge in [-0.25, -0.2) is 4.79 Å². The van der Waals surface area contributed by atoms with Crippen molar-refractivity contribution in [3.8, 4) is 0 Å². The third kappa shape index (κ3) is 2.65. The highest BCUT2D eigenvalue weighted by atomic mass is 32.1. The summed E-state index contributed by atoms with van der Waals surface area (Å²) >= 11 is 1.67. The molecule has 0 aliphatic carbocycles. The maximum absolute atomic E-state index is 12.8. The van der Waals surface area contributed by atoms with Crippen molar-refractivity contribution in [3.05, 3.63) is 52.6 Å². The summed E-state index contributed by atoms with van der Waals surface area (Å²) in [7, 11) is 0. The van der Waals surface area contributed by atoms with Crippen molar-refractivity contribution in [2.24, 2.45) is 0 Å². The number of fused-ring (bicyclic) bond motifs is 1. The summed E-state index contributed by atoms with van der Waals surface area (Å²) in [5, 5.41) is 15.6. The Hall–Kier alpha value is -2.41. The molecule has 2 amide bonds. The van der Waals surface area contributed by atoms with Gasteiger partial charge in [0.1, 0.15) is 0 Å². The van der Waals surface area contributed by atoms with Gasteiger partial charge < -0.3 is 10.2 Å². The molecule has 24 heavy (non-hydrogen) atoms. The molecule has 0 bridgehead atoms. The van der Waals surface area contributed by atoms with Gasteiger partial charge in [0.15, 0.2) is 11.5 Å². The van der Waals surface area contributed by atoms with Gasteiger partial charge in [0.05, 0.1) is 12.1 Å². The zero-order valence-electron chi connectivity index (χ0n) is 13.4. The van der Waals surface area contributed by atoms with Gasteiger partial charge in [0, 0.05) is 12.7 Å². The lowest BCUT2D eigenvalue weighted by Crippen LogP contribution is -2.40. The Balaban J connectivity index is 1.51. The molecule has 124 valence electrons. The Labute approximate surface area is 144 Å². The lowest BCUT2D eigenvalue weighted by molar-refractivity contribution is 0.189. The molecule has 1 fully saturated rings. The van der Waals surface area contributed by atoms with Crippen molar-refractivity contribution < 1.29 is 4.79 Å². The summed E-state index contributed by atoms with van der Waals surface area (Å²) in [6.45, 7) is 2.73. The second-order valence-electron chi connectivity index (χ2n) is 6.07. The van der Waals surface area contributed by atoms with E-state index in [0.29, 0.717) is 0 Å². The van der Waals surface area contributed by atoms with Crippen LogP contribution in [-0.4, -0.2) is 32.1 Å². The lowest BCUT2D eigenvalue weighted by atomic mass is 10.1. The van der Waals surface area contributed by atoms with Crippen molar-refractivity contribution in [1.82, 2.24) is 24.8 Å². The number of urea groups is 1. The van der Waals surface area contributed by atoms with Crippen LogP contribution in [-0.2, 0) is 0 Å². The number of carbonyl (C=O) groups is 1. The van der Waals surface area contributed by atoms with Gasteiger partial charge in [-0.05, 0) is 54.3 Å². The van der Waals surface area contributed by atoms with E-state index in [1.54, 1.807) is 11.3 Å². The molecule has 4 heterocycles. The molecule has 0 unspecified atom stereocenters. The molecule has 0 spiro atoms. The largest absolute Gasteiger partial charge is 0.328 e. The maximum Gasteiger partial charge on any atom is 0.318 e. The first-order chi connectivity index (χ1) is 11.7. The van der Waals surface area contributed by atoms with Crippen LogP contribution in [0, 0.1) is 0 Å². The minimum atomic E-state index is -0.210. The Bertz CT molecular complexity index is 844. The van der Waals surface area contributed by atoms with E-state index in [2.05, 4.69) is 32.3 Å². The molecule has 1 saturated heterocycles. The summed E-state index contributed by atoms with van der Waals surface area (Å²) in [6.07, 6.45) is 3.97. The Kier molecular flexibility index (Phi) is 3.93. The van der Waals surface area contributed by atoms with Gasteiger partial charge in [0.25, 0.3) is 0 Å². The lowest BCUT2D eigenvalue weighted by Gasteiger charge is -2.26. The highest BCUT2D eigenvalue weighted by Crippen LogP contribution is 2.33. The van der Waals surface area contributed by atoms with E-state index >= 15 is 0 Å². The Morgan fingerprint density at radius 3 is 3.12 bits per heavy atom. The fourth-order valence-corrected chi connectivity index (χ4v) is 4.02. The molecule has 1 N–H and O–H groups in total. The van der Waals surface area contributed by atoms with E-state index in [1.165, 1.54) is 5.56 Å². The normalized spacial score (nSPS) is 18.9. The average molecular weight is 341 g/mol. The standard InChI is InChI=1S/C17H19N5OS/c1-12(16-20-19-15-6-2-3-8-22(15)16)18-17(23)21-9-4-5-14(21)13-7-10-24-11-13/h2-3,6-8,10-12,14H,4-5,9H2,1H3,(H,18,23)/t12-,14+/m1/s1.